The van der Waals surface area contributed by atoms with E-state index in [1.165, 1.54) is 56.1 Å². The molecule has 11 heteroatoms. The number of pyridine rings is 1. The zero-order chi connectivity index (χ0) is 30.7. The molecule has 0 saturated carbocycles. The molecule has 0 atom stereocenters. The Morgan fingerprint density at radius 3 is 2.22 bits per heavy atom. The molecule has 2 N–H and O–H groups in total. The number of carbonyl (C=O) groups excluding carboxylic acids is 1. The third-order valence-electron chi connectivity index (χ3n) is 6.81. The van der Waals surface area contributed by atoms with Gasteiger partial charge >= 0.3 is 5.97 Å². The quantitative estimate of drug-likeness (QED) is 0.345. The Hall–Kier alpha value is -3.41. The number of benzene rings is 1. The number of hydrogen-bond donors (Lipinski definition) is 2. The first-order valence-corrected chi connectivity index (χ1v) is 14.6. The predicted octanol–water partition coefficient (Wildman–Crippen LogP) is 4.74. The highest BCUT2D eigenvalue weighted by Gasteiger charge is 2.19. The predicted molar refractivity (Wildman–Crippen MR) is 167 cm³/mol. The van der Waals surface area contributed by atoms with Gasteiger partial charge in [0.2, 0.25) is 6.41 Å². The Morgan fingerprint density at radius 1 is 1.15 bits per heavy atom. The molecule has 41 heavy (non-hydrogen) atoms. The first-order valence-electron chi connectivity index (χ1n) is 13.7. The average Bonchev–Trinajstić information content (AvgIpc) is 3.37. The minimum absolute atomic E-state index is 0.128. The molecule has 0 spiro atoms. The Bertz CT molecular complexity index is 1330. The van der Waals surface area contributed by atoms with Gasteiger partial charge in [-0.3, -0.25) is 19.3 Å². The Kier molecular flexibility index (Phi) is 13.3. The van der Waals surface area contributed by atoms with Crippen molar-refractivity contribution in [3.63, 3.8) is 0 Å². The van der Waals surface area contributed by atoms with Gasteiger partial charge in [-0.05, 0) is 69.7 Å². The molecule has 1 aliphatic heterocycles. The summed E-state index contributed by atoms with van der Waals surface area (Å²) in [5, 5.41) is 12.7. The van der Waals surface area contributed by atoms with Gasteiger partial charge in [0.25, 0.3) is 5.56 Å². The van der Waals surface area contributed by atoms with E-state index in [1.54, 1.807) is 31.3 Å². The van der Waals surface area contributed by atoms with Gasteiger partial charge in [0.1, 0.15) is 11.5 Å². The number of nitrogens with one attached hydrogen (secondary N) is 1. The lowest BCUT2D eigenvalue weighted by atomic mass is 10.00. The van der Waals surface area contributed by atoms with Crippen LogP contribution in [0.25, 0.3) is 21.2 Å². The van der Waals surface area contributed by atoms with Crippen LogP contribution in [0.1, 0.15) is 39.2 Å². The van der Waals surface area contributed by atoms with Gasteiger partial charge in [0, 0.05) is 25.4 Å². The molecule has 3 heterocycles. The van der Waals surface area contributed by atoms with Crippen LogP contribution < -0.4 is 20.3 Å². The van der Waals surface area contributed by atoms with E-state index in [9.17, 15) is 14.4 Å². The maximum atomic E-state index is 12.6. The Morgan fingerprint density at radius 2 is 1.73 bits per heavy atom. The number of ether oxygens (including phenoxy) is 2. The molecule has 226 valence electrons. The van der Waals surface area contributed by atoms with Crippen LogP contribution in [0.15, 0.2) is 29.2 Å². The van der Waals surface area contributed by atoms with Crippen LogP contribution in [0, 0.1) is 5.92 Å². The van der Waals surface area contributed by atoms with E-state index in [2.05, 4.69) is 24.2 Å². The number of thiophene rings is 1. The van der Waals surface area contributed by atoms with Crippen molar-refractivity contribution in [2.45, 2.75) is 40.2 Å². The number of fused-ring (bicyclic) bond motifs is 1. The van der Waals surface area contributed by atoms with E-state index in [0.717, 1.165) is 21.7 Å². The minimum Gasteiger partial charge on any atom is -0.496 e. The highest BCUT2D eigenvalue weighted by Crippen LogP contribution is 2.40. The molecular weight excluding hydrogens is 544 g/mol. The number of hydrogen-bond acceptors (Lipinski definition) is 8. The van der Waals surface area contributed by atoms with Gasteiger partial charge in [-0.1, -0.05) is 20.8 Å². The Labute approximate surface area is 246 Å². The summed E-state index contributed by atoms with van der Waals surface area (Å²) in [5.74, 6) is 1.13. The number of rotatable bonds is 9. The van der Waals surface area contributed by atoms with Crippen LogP contribution in [0.3, 0.4) is 0 Å². The number of aryl methyl sites for hydroxylation is 1. The van der Waals surface area contributed by atoms with Gasteiger partial charge in [-0.25, -0.2) is 0 Å². The van der Waals surface area contributed by atoms with Gasteiger partial charge in [-0.2, -0.15) is 0 Å². The summed E-state index contributed by atoms with van der Waals surface area (Å²) in [4.78, 5) is 38.5. The molecule has 1 aliphatic rings. The molecule has 1 amide bonds. The molecule has 1 aromatic carbocycles. The number of anilines is 1. The fourth-order valence-corrected chi connectivity index (χ4v) is 5.62. The van der Waals surface area contributed by atoms with Crippen LogP contribution >= 0.6 is 11.3 Å². The molecule has 2 aromatic heterocycles. The molecule has 0 radical (unpaired) electrons. The molecular formula is C30H44N4O6S. The van der Waals surface area contributed by atoms with Crippen molar-refractivity contribution < 1.29 is 24.2 Å². The second kappa shape index (κ2) is 16.1. The lowest BCUT2D eigenvalue weighted by Gasteiger charge is -2.26. The lowest BCUT2D eigenvalue weighted by molar-refractivity contribution is -0.138. The lowest BCUT2D eigenvalue weighted by Crippen LogP contribution is -2.28. The number of methoxy groups -OCH3 is 2. The SMILES string of the molecule is CC.CC1CCN(C)CC1.COc1cc(-c2cn(C)c(=O)c3cc(NC=O)sc23)cc(OC)c1CN(C)CC(=O)O. The molecule has 0 unspecified atom stereocenters. The van der Waals surface area contributed by atoms with E-state index in [1.807, 2.05) is 26.0 Å². The molecule has 4 rings (SSSR count). The maximum Gasteiger partial charge on any atom is 0.317 e. The van der Waals surface area contributed by atoms with Gasteiger partial charge < -0.3 is 29.4 Å². The van der Waals surface area contributed by atoms with Crippen molar-refractivity contribution in [3.8, 4) is 22.6 Å². The van der Waals surface area contributed by atoms with Crippen molar-refractivity contribution in [3.05, 3.63) is 40.3 Å². The summed E-state index contributed by atoms with van der Waals surface area (Å²) in [6.45, 7) is 9.14. The topological polar surface area (TPSA) is 113 Å². The maximum absolute atomic E-state index is 12.6. The Balaban J connectivity index is 0.000000500. The number of piperidine rings is 1. The van der Waals surface area contributed by atoms with Crippen molar-refractivity contribution in [1.82, 2.24) is 14.4 Å². The van der Waals surface area contributed by atoms with Crippen molar-refractivity contribution in [1.29, 1.82) is 0 Å². The summed E-state index contributed by atoms with van der Waals surface area (Å²) in [5.41, 5.74) is 2.09. The number of carboxylic acid groups (broad SMARTS) is 1. The second-order valence-corrected chi connectivity index (χ2v) is 11.0. The largest absolute Gasteiger partial charge is 0.496 e. The number of carbonyl (C=O) groups is 2. The fourth-order valence-electron chi connectivity index (χ4n) is 4.58. The molecule has 0 aliphatic carbocycles. The average molecular weight is 589 g/mol. The third kappa shape index (κ3) is 9.04. The van der Waals surface area contributed by atoms with Gasteiger partial charge in [-0.15, -0.1) is 11.3 Å². The highest BCUT2D eigenvalue weighted by atomic mass is 32.1. The molecule has 3 aromatic rings. The monoisotopic (exact) mass is 588 g/mol. The molecule has 1 saturated heterocycles. The van der Waals surface area contributed by atoms with Crippen LogP contribution in [-0.2, 0) is 23.2 Å². The molecule has 0 bridgehead atoms. The van der Waals surface area contributed by atoms with E-state index < -0.39 is 5.97 Å². The van der Waals surface area contributed by atoms with E-state index in [0.29, 0.717) is 40.4 Å². The molecule has 10 nitrogen and oxygen atoms in total. The van der Waals surface area contributed by atoms with E-state index in [4.69, 9.17) is 14.6 Å². The first-order chi connectivity index (χ1) is 19.6. The van der Waals surface area contributed by atoms with Crippen molar-refractivity contribution in [2.24, 2.45) is 13.0 Å². The summed E-state index contributed by atoms with van der Waals surface area (Å²) < 4.78 is 13.4. The summed E-state index contributed by atoms with van der Waals surface area (Å²) >= 11 is 1.30. The number of likely N-dealkylation sites (N-methyl/N-ethyl adjacent to an activating group) is 1. The summed E-state index contributed by atoms with van der Waals surface area (Å²) in [6, 6.07) is 5.32. The van der Waals surface area contributed by atoms with Crippen LogP contribution in [0.2, 0.25) is 0 Å². The van der Waals surface area contributed by atoms with Crippen molar-refractivity contribution in [2.75, 3.05) is 53.3 Å². The first kappa shape index (κ1) is 33.8. The number of nitrogens with zero attached hydrogens (tertiary/aromatic N) is 3. The standard InChI is InChI=1S/C21H23N3O6S.C7H15N.C2H6/c1-23(10-19(26)27)8-15-16(29-3)5-12(6-17(15)30-4)14-9-24(2)21(28)13-7-18(22-11-25)31-20(13)14;1-7-3-5-8(2)6-4-7;1-2/h5-7,9,11H,8,10H2,1-4H3,(H,22,25)(H,26,27);7H,3-6H2,1-2H3;1-2H3. The summed E-state index contributed by atoms with van der Waals surface area (Å²) in [7, 11) is 8.63. The highest BCUT2D eigenvalue weighted by molar-refractivity contribution is 7.23. The zero-order valence-corrected chi connectivity index (χ0v) is 26.3. The van der Waals surface area contributed by atoms with Gasteiger partial charge in [0.05, 0.1) is 41.4 Å². The number of likely N-dealkylation sites (tertiary alicyclic amines) is 1. The number of aliphatic carboxylic acids is 1. The van der Waals surface area contributed by atoms with Crippen molar-refractivity contribution >= 4 is 38.8 Å². The smallest absolute Gasteiger partial charge is 0.317 e. The number of aromatic nitrogens is 1. The number of carboxylic acids is 1. The second-order valence-electron chi connectivity index (χ2n) is 9.99. The normalized spacial score (nSPS) is 13.6. The van der Waals surface area contributed by atoms with E-state index >= 15 is 0 Å². The van der Waals surface area contributed by atoms with E-state index in [-0.39, 0.29) is 12.1 Å². The fraction of sp³-hybridized carbons (Fsp3) is 0.500. The minimum atomic E-state index is -0.929. The third-order valence-corrected chi connectivity index (χ3v) is 7.91. The summed E-state index contributed by atoms with van der Waals surface area (Å²) in [6.07, 6.45) is 5.10. The zero-order valence-electron chi connectivity index (χ0n) is 25.4. The number of amides is 1. The van der Waals surface area contributed by atoms with Crippen LogP contribution in [-0.4, -0.2) is 79.8 Å². The van der Waals surface area contributed by atoms with Crippen LogP contribution in [0.4, 0.5) is 5.00 Å². The van der Waals surface area contributed by atoms with Crippen LogP contribution in [0.5, 0.6) is 11.5 Å². The molecule has 1 fully saturated rings. The van der Waals surface area contributed by atoms with Gasteiger partial charge in [0.15, 0.2) is 0 Å².